The van der Waals surface area contributed by atoms with Crippen LogP contribution in [0.5, 0.6) is 0 Å². The quantitative estimate of drug-likeness (QED) is 0.709. The molecule has 0 aliphatic carbocycles. The minimum Gasteiger partial charge on any atom is -0.337 e. The zero-order valence-corrected chi connectivity index (χ0v) is 8.82. The fourth-order valence-electron chi connectivity index (χ4n) is 1.71. The van der Waals surface area contributed by atoms with Crippen molar-refractivity contribution in [2.45, 2.75) is 13.3 Å². The van der Waals surface area contributed by atoms with Crippen LogP contribution >= 0.6 is 0 Å². The molecular weight excluding hydrogens is 178 g/mol. The van der Waals surface area contributed by atoms with Crippen LogP contribution < -0.4 is 10.2 Å². The first kappa shape index (κ1) is 9.45. The molecule has 0 aromatic carbocycles. The van der Waals surface area contributed by atoms with Crippen molar-refractivity contribution in [1.82, 2.24) is 20.1 Å². The predicted octanol–water partition coefficient (Wildman–Crippen LogP) is -0.213. The molecule has 1 fully saturated rings. The highest BCUT2D eigenvalue weighted by molar-refractivity contribution is 5.29. The molecule has 78 valence electrons. The highest BCUT2D eigenvalue weighted by atomic mass is 15.4. The molecule has 5 nitrogen and oxygen atoms in total. The maximum absolute atomic E-state index is 4.50. The Balaban J connectivity index is 2.14. The fraction of sp³-hybridized carbons (Fsp3) is 0.778. The van der Waals surface area contributed by atoms with Crippen molar-refractivity contribution in [3.8, 4) is 0 Å². The van der Waals surface area contributed by atoms with Crippen LogP contribution in [0.25, 0.3) is 0 Å². The van der Waals surface area contributed by atoms with E-state index in [0.717, 1.165) is 44.4 Å². The molecule has 1 saturated heterocycles. The summed E-state index contributed by atoms with van der Waals surface area (Å²) in [6, 6.07) is 0. The zero-order chi connectivity index (χ0) is 9.97. The first-order valence-corrected chi connectivity index (χ1v) is 5.17. The van der Waals surface area contributed by atoms with Gasteiger partial charge >= 0.3 is 0 Å². The normalized spacial score (nSPS) is 17.4. The van der Waals surface area contributed by atoms with Gasteiger partial charge in [-0.05, 0) is 0 Å². The minimum absolute atomic E-state index is 0.880. The highest BCUT2D eigenvalue weighted by Gasteiger charge is 2.15. The van der Waals surface area contributed by atoms with Gasteiger partial charge in [0.2, 0.25) is 5.95 Å². The Labute approximate surface area is 84.1 Å². The number of hydrogen-bond acceptors (Lipinski definition) is 4. The summed E-state index contributed by atoms with van der Waals surface area (Å²) in [5.41, 5.74) is 0. The molecule has 1 aromatic heterocycles. The van der Waals surface area contributed by atoms with E-state index in [1.807, 2.05) is 11.7 Å². The first-order valence-electron chi connectivity index (χ1n) is 5.17. The van der Waals surface area contributed by atoms with Crippen LogP contribution in [0, 0.1) is 0 Å². The molecule has 1 aromatic rings. The Kier molecular flexibility index (Phi) is 2.67. The van der Waals surface area contributed by atoms with Crippen LogP contribution in [-0.2, 0) is 13.5 Å². The van der Waals surface area contributed by atoms with E-state index in [1.54, 1.807) is 0 Å². The van der Waals surface area contributed by atoms with E-state index in [-0.39, 0.29) is 0 Å². The lowest BCUT2D eigenvalue weighted by Crippen LogP contribution is -2.44. The van der Waals surface area contributed by atoms with E-state index in [2.05, 4.69) is 27.2 Å². The van der Waals surface area contributed by atoms with Crippen molar-refractivity contribution in [2.75, 3.05) is 31.1 Å². The maximum Gasteiger partial charge on any atom is 0.245 e. The van der Waals surface area contributed by atoms with Gasteiger partial charge in [0.05, 0.1) is 0 Å². The predicted molar refractivity (Wildman–Crippen MR) is 55.5 cm³/mol. The molecule has 1 aliphatic heterocycles. The highest BCUT2D eigenvalue weighted by Crippen LogP contribution is 2.09. The van der Waals surface area contributed by atoms with Gasteiger partial charge in [0.1, 0.15) is 5.82 Å². The van der Waals surface area contributed by atoms with Crippen LogP contribution in [0.15, 0.2) is 0 Å². The number of nitrogens with zero attached hydrogens (tertiary/aromatic N) is 4. The number of piperazine rings is 1. The lowest BCUT2D eigenvalue weighted by atomic mass is 10.4. The van der Waals surface area contributed by atoms with E-state index in [1.165, 1.54) is 0 Å². The third-order valence-corrected chi connectivity index (χ3v) is 2.56. The molecule has 2 rings (SSSR count). The summed E-state index contributed by atoms with van der Waals surface area (Å²) in [6.07, 6.45) is 0.940. The first-order chi connectivity index (χ1) is 6.81. The van der Waals surface area contributed by atoms with Gasteiger partial charge in [-0.3, -0.25) is 4.68 Å². The Hall–Kier alpha value is -1.10. The Morgan fingerprint density at radius 2 is 2.07 bits per heavy atom. The monoisotopic (exact) mass is 195 g/mol. The second kappa shape index (κ2) is 3.96. The zero-order valence-electron chi connectivity index (χ0n) is 8.82. The number of hydrogen-bond donors (Lipinski definition) is 1. The SMILES string of the molecule is CCc1nc(N2CCNCC2)nn1C. The van der Waals surface area contributed by atoms with Crippen LogP contribution in [0.4, 0.5) is 5.95 Å². The van der Waals surface area contributed by atoms with Gasteiger partial charge in [0.25, 0.3) is 0 Å². The molecular formula is C9H17N5. The molecule has 14 heavy (non-hydrogen) atoms. The minimum atomic E-state index is 0.880. The number of aromatic nitrogens is 3. The lowest BCUT2D eigenvalue weighted by Gasteiger charge is -2.25. The molecule has 5 heteroatoms. The van der Waals surface area contributed by atoms with Gasteiger partial charge < -0.3 is 10.2 Å². The Morgan fingerprint density at radius 1 is 1.36 bits per heavy atom. The van der Waals surface area contributed by atoms with Gasteiger partial charge in [-0.2, -0.15) is 4.98 Å². The lowest BCUT2D eigenvalue weighted by molar-refractivity contribution is 0.577. The van der Waals surface area contributed by atoms with E-state index in [0.29, 0.717) is 0 Å². The van der Waals surface area contributed by atoms with E-state index in [4.69, 9.17) is 0 Å². The summed E-state index contributed by atoms with van der Waals surface area (Å²) >= 11 is 0. The number of rotatable bonds is 2. The van der Waals surface area contributed by atoms with Gasteiger partial charge in [-0.25, -0.2) is 0 Å². The van der Waals surface area contributed by atoms with Gasteiger partial charge in [0, 0.05) is 39.6 Å². The maximum atomic E-state index is 4.50. The van der Waals surface area contributed by atoms with Gasteiger partial charge in [0.15, 0.2) is 0 Å². The Morgan fingerprint density at radius 3 is 2.64 bits per heavy atom. The van der Waals surface area contributed by atoms with Crippen molar-refractivity contribution in [1.29, 1.82) is 0 Å². The molecule has 0 unspecified atom stereocenters. The van der Waals surface area contributed by atoms with Crippen LogP contribution in [0.1, 0.15) is 12.7 Å². The fourth-order valence-corrected chi connectivity index (χ4v) is 1.71. The van der Waals surface area contributed by atoms with Crippen molar-refractivity contribution in [2.24, 2.45) is 7.05 Å². The summed E-state index contributed by atoms with van der Waals surface area (Å²) in [4.78, 5) is 6.73. The molecule has 0 spiro atoms. The van der Waals surface area contributed by atoms with E-state index in [9.17, 15) is 0 Å². The number of aryl methyl sites for hydroxylation is 2. The van der Waals surface area contributed by atoms with Gasteiger partial charge in [-0.15, -0.1) is 5.10 Å². The molecule has 0 amide bonds. The second-order valence-corrected chi connectivity index (χ2v) is 3.54. The summed E-state index contributed by atoms with van der Waals surface area (Å²) in [6.45, 7) is 6.17. The molecule has 0 bridgehead atoms. The Bertz CT molecular complexity index is 300. The second-order valence-electron chi connectivity index (χ2n) is 3.54. The molecule has 0 radical (unpaired) electrons. The van der Waals surface area contributed by atoms with Crippen molar-refractivity contribution < 1.29 is 0 Å². The third kappa shape index (κ3) is 1.72. The van der Waals surface area contributed by atoms with Crippen LogP contribution in [0.2, 0.25) is 0 Å². The smallest absolute Gasteiger partial charge is 0.245 e. The summed E-state index contributed by atoms with van der Waals surface area (Å²) in [7, 11) is 1.96. The summed E-state index contributed by atoms with van der Waals surface area (Å²) in [5, 5.41) is 7.72. The molecule has 2 heterocycles. The molecule has 1 aliphatic rings. The van der Waals surface area contributed by atoms with Gasteiger partial charge in [-0.1, -0.05) is 6.92 Å². The number of anilines is 1. The summed E-state index contributed by atoms with van der Waals surface area (Å²) in [5.74, 6) is 1.93. The standard InChI is InChI=1S/C9H17N5/c1-3-8-11-9(12-13(8)2)14-6-4-10-5-7-14/h10H,3-7H2,1-2H3. The van der Waals surface area contributed by atoms with Crippen molar-refractivity contribution >= 4 is 5.95 Å². The van der Waals surface area contributed by atoms with Crippen molar-refractivity contribution in [3.63, 3.8) is 0 Å². The van der Waals surface area contributed by atoms with Crippen molar-refractivity contribution in [3.05, 3.63) is 5.82 Å². The molecule has 0 saturated carbocycles. The van der Waals surface area contributed by atoms with Crippen LogP contribution in [-0.4, -0.2) is 40.9 Å². The van der Waals surface area contributed by atoms with E-state index >= 15 is 0 Å². The average molecular weight is 195 g/mol. The summed E-state index contributed by atoms with van der Waals surface area (Å²) < 4.78 is 1.87. The number of nitrogens with one attached hydrogen (secondary N) is 1. The molecule has 0 atom stereocenters. The topological polar surface area (TPSA) is 46.0 Å². The largest absolute Gasteiger partial charge is 0.337 e. The van der Waals surface area contributed by atoms with E-state index < -0.39 is 0 Å². The molecule has 1 N–H and O–H groups in total. The average Bonchev–Trinajstić information content (AvgIpc) is 2.61. The third-order valence-electron chi connectivity index (χ3n) is 2.56. The van der Waals surface area contributed by atoms with Crippen LogP contribution in [0.3, 0.4) is 0 Å².